The first-order chi connectivity index (χ1) is 13.6. The van der Waals surface area contributed by atoms with Gasteiger partial charge in [-0.3, -0.25) is 9.62 Å². The van der Waals surface area contributed by atoms with Crippen molar-refractivity contribution in [2.24, 2.45) is 5.92 Å². The monoisotopic (exact) mass is 457 g/mol. The van der Waals surface area contributed by atoms with Gasteiger partial charge in [-0.05, 0) is 65.6 Å². The van der Waals surface area contributed by atoms with Gasteiger partial charge in [0.25, 0.3) is 0 Å². The van der Waals surface area contributed by atoms with E-state index in [4.69, 9.17) is 27.7 Å². The van der Waals surface area contributed by atoms with Crippen LogP contribution in [0.5, 0.6) is 5.75 Å². The fourth-order valence-electron chi connectivity index (χ4n) is 3.62. The highest BCUT2D eigenvalue weighted by atomic mass is 35.5. The molecular formula is C21H29Cl2N3O2S. The summed E-state index contributed by atoms with van der Waals surface area (Å²) in [7, 11) is 0. The zero-order valence-corrected chi connectivity index (χ0v) is 19.7. The Morgan fingerprint density at radius 2 is 1.90 bits per heavy atom. The minimum absolute atomic E-state index is 0.00886. The molecule has 5 nitrogen and oxygen atoms in total. The Morgan fingerprint density at radius 3 is 2.48 bits per heavy atom. The molecular weight excluding hydrogens is 429 g/mol. The van der Waals surface area contributed by atoms with Crippen LogP contribution in [0.25, 0.3) is 0 Å². The van der Waals surface area contributed by atoms with Crippen LogP contribution in [0, 0.1) is 12.8 Å². The molecule has 2 N–H and O–H groups in total. The Hall–Kier alpha value is -0.920. The highest BCUT2D eigenvalue weighted by Crippen LogP contribution is 2.41. The molecule has 2 aromatic rings. The number of benzene rings is 1. The standard InChI is InChI=1S/C21H29Cl2N3O2S/c1-13-9-15(24-28-13)12-26-7-5-14(6-8-26)20(25-29-21(2,3)4)16-10-17(22)18(23)11-19(16)27/h9-11,14,20,25,27H,5-8,12H2,1-4H3. The molecule has 1 saturated heterocycles. The van der Waals surface area contributed by atoms with Gasteiger partial charge >= 0.3 is 0 Å². The van der Waals surface area contributed by atoms with Crippen LogP contribution < -0.4 is 4.72 Å². The van der Waals surface area contributed by atoms with Crippen LogP contribution in [-0.4, -0.2) is 33.0 Å². The molecule has 1 fully saturated rings. The maximum atomic E-state index is 10.6. The van der Waals surface area contributed by atoms with Gasteiger partial charge in [0.15, 0.2) is 0 Å². The molecule has 0 saturated carbocycles. The first-order valence-corrected chi connectivity index (χ1v) is 11.5. The van der Waals surface area contributed by atoms with E-state index >= 15 is 0 Å². The normalized spacial score (nSPS) is 17.6. The maximum absolute atomic E-state index is 10.6. The summed E-state index contributed by atoms with van der Waals surface area (Å²) in [6.45, 7) is 11.2. The summed E-state index contributed by atoms with van der Waals surface area (Å²) in [5.41, 5.74) is 1.78. The molecule has 29 heavy (non-hydrogen) atoms. The van der Waals surface area contributed by atoms with Gasteiger partial charge in [0.05, 0.1) is 15.7 Å². The number of phenolic OH excluding ortho intramolecular Hbond substituents is 1. The highest BCUT2D eigenvalue weighted by Gasteiger charge is 2.31. The molecule has 1 aliphatic rings. The lowest BCUT2D eigenvalue weighted by Crippen LogP contribution is -2.38. The van der Waals surface area contributed by atoms with Crippen LogP contribution in [0.3, 0.4) is 0 Å². The van der Waals surface area contributed by atoms with E-state index in [2.05, 4.69) is 35.5 Å². The molecule has 1 atom stereocenters. The van der Waals surface area contributed by atoms with Crippen LogP contribution in [0.2, 0.25) is 10.0 Å². The second-order valence-electron chi connectivity index (χ2n) is 8.68. The molecule has 0 amide bonds. The summed E-state index contributed by atoms with van der Waals surface area (Å²) in [6.07, 6.45) is 2.03. The lowest BCUT2D eigenvalue weighted by molar-refractivity contribution is 0.155. The zero-order valence-electron chi connectivity index (χ0n) is 17.3. The number of likely N-dealkylation sites (tertiary alicyclic amines) is 1. The number of phenols is 1. The zero-order chi connectivity index (χ0) is 21.2. The lowest BCUT2D eigenvalue weighted by Gasteiger charge is -2.37. The third-order valence-electron chi connectivity index (χ3n) is 5.06. The molecule has 1 aromatic heterocycles. The van der Waals surface area contributed by atoms with E-state index in [1.807, 2.05) is 13.0 Å². The predicted molar refractivity (Wildman–Crippen MR) is 121 cm³/mol. The van der Waals surface area contributed by atoms with Gasteiger partial charge < -0.3 is 9.63 Å². The van der Waals surface area contributed by atoms with E-state index < -0.39 is 0 Å². The number of aryl methyl sites for hydroxylation is 1. The van der Waals surface area contributed by atoms with Gasteiger partial charge in [0.1, 0.15) is 11.5 Å². The van der Waals surface area contributed by atoms with Crippen LogP contribution >= 0.6 is 35.1 Å². The van der Waals surface area contributed by atoms with Crippen molar-refractivity contribution in [1.82, 2.24) is 14.8 Å². The number of hydrogen-bond donors (Lipinski definition) is 2. The Bertz CT molecular complexity index is 830. The molecule has 0 radical (unpaired) electrons. The van der Waals surface area contributed by atoms with Gasteiger partial charge in [0.2, 0.25) is 0 Å². The molecule has 0 bridgehead atoms. The molecule has 1 unspecified atom stereocenters. The number of aromatic nitrogens is 1. The largest absolute Gasteiger partial charge is 0.508 e. The topological polar surface area (TPSA) is 61.5 Å². The number of rotatable bonds is 6. The lowest BCUT2D eigenvalue weighted by atomic mass is 9.85. The van der Waals surface area contributed by atoms with Crippen molar-refractivity contribution in [2.45, 2.75) is 57.9 Å². The third kappa shape index (κ3) is 6.28. The van der Waals surface area contributed by atoms with E-state index in [1.54, 1.807) is 18.0 Å². The number of aromatic hydroxyl groups is 1. The summed E-state index contributed by atoms with van der Waals surface area (Å²) < 4.78 is 8.84. The van der Waals surface area contributed by atoms with Crippen molar-refractivity contribution in [3.05, 3.63) is 45.3 Å². The van der Waals surface area contributed by atoms with Crippen LogP contribution in [0.1, 0.15) is 56.7 Å². The number of nitrogens with one attached hydrogen (secondary N) is 1. The number of piperidine rings is 1. The first-order valence-electron chi connectivity index (χ1n) is 9.88. The average molecular weight is 458 g/mol. The maximum Gasteiger partial charge on any atom is 0.133 e. The van der Waals surface area contributed by atoms with Crippen LogP contribution in [0.4, 0.5) is 0 Å². The number of halogens is 2. The van der Waals surface area contributed by atoms with Gasteiger partial charge in [0, 0.05) is 35.0 Å². The van der Waals surface area contributed by atoms with E-state index in [0.29, 0.717) is 16.0 Å². The molecule has 1 aromatic carbocycles. The fraction of sp³-hybridized carbons (Fsp3) is 0.571. The SMILES string of the molecule is Cc1cc(CN2CCC(C(NSC(C)(C)C)c3cc(Cl)c(Cl)cc3O)CC2)no1. The quantitative estimate of drug-likeness (QED) is 0.519. The highest BCUT2D eigenvalue weighted by molar-refractivity contribution is 7.98. The molecule has 3 rings (SSSR count). The number of hydrogen-bond acceptors (Lipinski definition) is 6. The Labute approximate surface area is 187 Å². The second-order valence-corrected chi connectivity index (χ2v) is 11.2. The smallest absolute Gasteiger partial charge is 0.133 e. The van der Waals surface area contributed by atoms with Crippen molar-refractivity contribution in [2.75, 3.05) is 13.1 Å². The average Bonchev–Trinajstić information content (AvgIpc) is 3.04. The van der Waals surface area contributed by atoms with Crippen LogP contribution in [-0.2, 0) is 6.54 Å². The molecule has 8 heteroatoms. The third-order valence-corrected chi connectivity index (χ3v) is 6.77. The Kier molecular flexibility index (Phi) is 7.44. The van der Waals surface area contributed by atoms with Gasteiger partial charge in [-0.2, -0.15) is 0 Å². The summed E-state index contributed by atoms with van der Waals surface area (Å²) in [5.74, 6) is 1.41. The minimum atomic E-state index is -0.00886. The van der Waals surface area contributed by atoms with E-state index in [-0.39, 0.29) is 16.5 Å². The summed E-state index contributed by atoms with van der Waals surface area (Å²) in [6, 6.07) is 5.32. The van der Waals surface area contributed by atoms with Gasteiger partial charge in [-0.15, -0.1) is 0 Å². The Balaban J connectivity index is 1.72. The molecule has 160 valence electrons. The van der Waals surface area contributed by atoms with Gasteiger partial charge in [-0.1, -0.05) is 40.3 Å². The summed E-state index contributed by atoms with van der Waals surface area (Å²) in [5, 5.41) is 15.5. The second kappa shape index (κ2) is 9.48. The van der Waals surface area contributed by atoms with Gasteiger partial charge in [-0.25, -0.2) is 0 Å². The van der Waals surface area contributed by atoms with Crippen molar-refractivity contribution < 1.29 is 9.63 Å². The minimum Gasteiger partial charge on any atom is -0.508 e. The Morgan fingerprint density at radius 1 is 1.24 bits per heavy atom. The van der Waals surface area contributed by atoms with Crippen molar-refractivity contribution in [3.8, 4) is 5.75 Å². The molecule has 0 spiro atoms. The molecule has 2 heterocycles. The van der Waals surface area contributed by atoms with Crippen molar-refractivity contribution in [1.29, 1.82) is 0 Å². The van der Waals surface area contributed by atoms with E-state index in [1.165, 1.54) is 6.07 Å². The van der Waals surface area contributed by atoms with E-state index in [0.717, 1.165) is 49.5 Å². The van der Waals surface area contributed by atoms with Crippen molar-refractivity contribution >= 4 is 35.1 Å². The molecule has 0 aliphatic carbocycles. The predicted octanol–water partition coefficient (Wildman–Crippen LogP) is 5.99. The fourth-order valence-corrected chi connectivity index (χ4v) is 4.75. The number of nitrogens with zero attached hydrogens (tertiary/aromatic N) is 2. The van der Waals surface area contributed by atoms with E-state index in [9.17, 15) is 5.11 Å². The summed E-state index contributed by atoms with van der Waals surface area (Å²) in [4.78, 5) is 2.40. The van der Waals surface area contributed by atoms with Crippen molar-refractivity contribution in [3.63, 3.8) is 0 Å². The first kappa shape index (κ1) is 22.8. The molecule has 1 aliphatic heterocycles. The summed E-state index contributed by atoms with van der Waals surface area (Å²) >= 11 is 14.0. The van der Waals surface area contributed by atoms with Crippen LogP contribution in [0.15, 0.2) is 22.7 Å².